The number of benzene rings is 4. The largest absolute Gasteiger partial charge is 0.506 e. The predicted octanol–water partition coefficient (Wildman–Crippen LogP) is 8.26. The van der Waals surface area contributed by atoms with E-state index in [1.807, 2.05) is 42.1 Å². The van der Waals surface area contributed by atoms with E-state index in [2.05, 4.69) is 5.32 Å². The van der Waals surface area contributed by atoms with Gasteiger partial charge in [0.1, 0.15) is 5.75 Å². The number of phenols is 1. The molecule has 0 spiro atoms. The molecule has 50 heavy (non-hydrogen) atoms. The first kappa shape index (κ1) is 34.3. The number of fused-ring (bicyclic) bond motifs is 1. The van der Waals surface area contributed by atoms with Gasteiger partial charge >= 0.3 is 0 Å². The van der Waals surface area contributed by atoms with Gasteiger partial charge in [0.05, 0.1) is 44.6 Å². The highest BCUT2D eigenvalue weighted by atomic mass is 35.5. The topological polar surface area (TPSA) is 149 Å². The van der Waals surface area contributed by atoms with E-state index in [-0.39, 0.29) is 57.7 Å². The van der Waals surface area contributed by atoms with Crippen molar-refractivity contribution in [3.8, 4) is 5.75 Å². The number of allylic oxidation sites excluding steroid dienone is 4. The Balaban J connectivity index is 0.000000173. The molecule has 0 saturated heterocycles. The first-order valence-electron chi connectivity index (χ1n) is 15.0. The van der Waals surface area contributed by atoms with E-state index in [0.717, 1.165) is 16.5 Å². The number of nitro groups is 1. The summed E-state index contributed by atoms with van der Waals surface area (Å²) in [6, 6.07) is 22.7. The van der Waals surface area contributed by atoms with Gasteiger partial charge in [-0.1, -0.05) is 71.2 Å². The van der Waals surface area contributed by atoms with Crippen LogP contribution in [-0.4, -0.2) is 37.7 Å². The van der Waals surface area contributed by atoms with E-state index < -0.39 is 16.5 Å². The van der Waals surface area contributed by atoms with Crippen molar-refractivity contribution in [1.29, 1.82) is 0 Å². The van der Waals surface area contributed by atoms with Crippen LogP contribution in [0.15, 0.2) is 96.8 Å². The molecule has 2 aliphatic carbocycles. The number of aromatic nitrogens is 1. The van der Waals surface area contributed by atoms with Crippen LogP contribution in [0.5, 0.6) is 5.75 Å². The maximum atomic E-state index is 12.6. The standard InChI is InChI=1S/C20H13Cl2NO2.C17H11ClN2O5/c1-23-10-14(12-4-2-3-5-16(12)23)20-18(25)9-17(24)19(20)13-7-6-11(21)8-15(13)22;18-11-7-9(5-6-13(11)21)19-17-15(23)8-14(22)16(17)10-3-1-2-4-12(10)20(24)25/h2-8,10H,9H2,1H3;1-7,19,21H,8H2. The number of nitrogens with zero attached hydrogens (tertiary/aromatic N) is 2. The molecule has 0 bridgehead atoms. The normalized spacial score (nSPS) is 14.5. The maximum absolute atomic E-state index is 12.6. The summed E-state index contributed by atoms with van der Waals surface area (Å²) in [6.45, 7) is 0. The van der Waals surface area contributed by atoms with Crippen molar-refractivity contribution >= 4 is 96.9 Å². The summed E-state index contributed by atoms with van der Waals surface area (Å²) >= 11 is 18.1. The summed E-state index contributed by atoms with van der Waals surface area (Å²) in [6.07, 6.45) is 1.39. The lowest BCUT2D eigenvalue weighted by molar-refractivity contribution is -0.385. The fourth-order valence-corrected chi connectivity index (χ4v) is 6.68. The van der Waals surface area contributed by atoms with Crippen LogP contribution in [0.3, 0.4) is 0 Å². The molecule has 2 aliphatic rings. The molecular formula is C37H24Cl3N3O7. The van der Waals surface area contributed by atoms with Crippen LogP contribution < -0.4 is 5.32 Å². The fourth-order valence-electron chi connectivity index (χ4n) is 6.00. The first-order valence-corrected chi connectivity index (χ1v) is 16.1. The van der Waals surface area contributed by atoms with Gasteiger partial charge in [-0.15, -0.1) is 0 Å². The molecule has 5 aromatic rings. The molecule has 0 atom stereocenters. The van der Waals surface area contributed by atoms with Crippen molar-refractivity contribution in [3.05, 3.63) is 139 Å². The van der Waals surface area contributed by atoms with Crippen LogP contribution in [0.4, 0.5) is 11.4 Å². The summed E-state index contributed by atoms with van der Waals surface area (Å²) in [7, 11) is 1.92. The van der Waals surface area contributed by atoms with Crippen molar-refractivity contribution < 1.29 is 29.2 Å². The molecule has 10 nitrogen and oxygen atoms in total. The Morgan fingerprint density at radius 1 is 0.720 bits per heavy atom. The van der Waals surface area contributed by atoms with E-state index in [4.69, 9.17) is 34.8 Å². The van der Waals surface area contributed by atoms with Gasteiger partial charge in [0.25, 0.3) is 5.69 Å². The van der Waals surface area contributed by atoms with Crippen LogP contribution in [0, 0.1) is 10.1 Å². The van der Waals surface area contributed by atoms with E-state index >= 15 is 0 Å². The summed E-state index contributed by atoms with van der Waals surface area (Å²) in [5.41, 5.74) is 3.26. The van der Waals surface area contributed by atoms with Crippen molar-refractivity contribution in [1.82, 2.24) is 4.57 Å². The lowest BCUT2D eigenvalue weighted by Crippen LogP contribution is -2.08. The van der Waals surface area contributed by atoms with Gasteiger partial charge in [-0.05, 0) is 42.5 Å². The minimum Gasteiger partial charge on any atom is -0.506 e. The lowest BCUT2D eigenvalue weighted by atomic mass is 9.96. The number of ketones is 4. The van der Waals surface area contributed by atoms with Gasteiger partial charge in [0.2, 0.25) is 0 Å². The Hall–Kier alpha value is -5.55. The second kappa shape index (κ2) is 13.8. The predicted molar refractivity (Wildman–Crippen MR) is 192 cm³/mol. The Morgan fingerprint density at radius 3 is 2.06 bits per heavy atom. The van der Waals surface area contributed by atoms with E-state index in [0.29, 0.717) is 32.4 Å². The Bertz CT molecular complexity index is 2380. The molecule has 0 amide bonds. The number of aromatic hydroxyl groups is 1. The number of para-hydroxylation sites is 2. The number of halogens is 3. The highest BCUT2D eigenvalue weighted by Gasteiger charge is 2.36. The number of nitrogens with one attached hydrogen (secondary N) is 1. The third-order valence-corrected chi connectivity index (χ3v) is 9.06. The molecular weight excluding hydrogens is 705 g/mol. The number of aryl methyl sites for hydroxylation is 1. The third-order valence-electron chi connectivity index (χ3n) is 8.21. The molecule has 0 unspecified atom stereocenters. The molecule has 250 valence electrons. The molecule has 0 saturated carbocycles. The van der Waals surface area contributed by atoms with Crippen LogP contribution in [-0.2, 0) is 26.2 Å². The van der Waals surface area contributed by atoms with Gasteiger partial charge in [-0.25, -0.2) is 0 Å². The average molecular weight is 729 g/mol. The highest BCUT2D eigenvalue weighted by Crippen LogP contribution is 2.41. The molecule has 0 aliphatic heterocycles. The molecule has 13 heteroatoms. The second-order valence-corrected chi connectivity index (χ2v) is 12.7. The van der Waals surface area contributed by atoms with Crippen LogP contribution in [0.2, 0.25) is 15.1 Å². The molecule has 2 N–H and O–H groups in total. The minimum atomic E-state index is -0.604. The number of anilines is 1. The number of phenolic OH excluding ortho intramolecular Hbond substituents is 1. The van der Waals surface area contributed by atoms with Crippen molar-refractivity contribution in [2.24, 2.45) is 7.05 Å². The van der Waals surface area contributed by atoms with Gasteiger partial charge in [0, 0.05) is 63.2 Å². The zero-order chi connectivity index (χ0) is 35.9. The highest BCUT2D eigenvalue weighted by molar-refractivity contribution is 6.53. The maximum Gasteiger partial charge on any atom is 0.277 e. The lowest BCUT2D eigenvalue weighted by Gasteiger charge is -2.10. The molecule has 1 aromatic heterocycles. The quantitative estimate of drug-likeness (QED) is 0.0769. The number of carbonyl (C=O) groups excluding carboxylic acids is 4. The van der Waals surface area contributed by atoms with Crippen molar-refractivity contribution in [2.75, 3.05) is 5.32 Å². The Kier molecular flexibility index (Phi) is 9.44. The second-order valence-electron chi connectivity index (χ2n) is 11.4. The van der Waals surface area contributed by atoms with Crippen LogP contribution >= 0.6 is 34.8 Å². The smallest absolute Gasteiger partial charge is 0.277 e. The average Bonchev–Trinajstić information content (AvgIpc) is 3.67. The molecule has 0 fully saturated rings. The van der Waals surface area contributed by atoms with E-state index in [1.54, 1.807) is 24.3 Å². The molecule has 7 rings (SSSR count). The van der Waals surface area contributed by atoms with Gasteiger partial charge in [0.15, 0.2) is 23.1 Å². The van der Waals surface area contributed by atoms with E-state index in [1.165, 1.54) is 36.4 Å². The Morgan fingerprint density at radius 2 is 1.36 bits per heavy atom. The molecule has 1 heterocycles. The number of nitro benzene ring substituents is 1. The monoisotopic (exact) mass is 727 g/mol. The van der Waals surface area contributed by atoms with Crippen LogP contribution in [0.1, 0.15) is 29.5 Å². The van der Waals surface area contributed by atoms with E-state index in [9.17, 15) is 34.4 Å². The summed E-state index contributed by atoms with van der Waals surface area (Å²) < 4.78 is 1.95. The zero-order valence-electron chi connectivity index (χ0n) is 26.0. The summed E-state index contributed by atoms with van der Waals surface area (Å²) in [5, 5.41) is 25.3. The number of hydrogen-bond donors (Lipinski definition) is 2. The Labute approximate surface area is 299 Å². The van der Waals surface area contributed by atoms with Crippen molar-refractivity contribution in [3.63, 3.8) is 0 Å². The SMILES string of the molecule is Cn1cc(C2=C(c3ccc(Cl)cc3Cl)C(=O)CC2=O)c2ccccc21.O=C1CC(=O)C(c2ccccc2[N+](=O)[O-])=C1Nc1ccc(O)c(Cl)c1. The van der Waals surface area contributed by atoms with Gasteiger partial charge < -0.3 is 15.0 Å². The minimum absolute atomic E-state index is 0.0264. The third kappa shape index (κ3) is 6.44. The molecule has 0 radical (unpaired) electrons. The van der Waals surface area contributed by atoms with Gasteiger partial charge in [-0.2, -0.15) is 0 Å². The van der Waals surface area contributed by atoms with Crippen LogP contribution in [0.25, 0.3) is 27.6 Å². The van der Waals surface area contributed by atoms with Crippen molar-refractivity contribution in [2.45, 2.75) is 12.8 Å². The number of hydrogen-bond acceptors (Lipinski definition) is 8. The fraction of sp³-hybridized carbons (Fsp3) is 0.0811. The summed E-state index contributed by atoms with van der Waals surface area (Å²) in [4.78, 5) is 60.3. The van der Waals surface area contributed by atoms with Gasteiger partial charge in [-0.3, -0.25) is 29.3 Å². The number of carbonyl (C=O) groups is 4. The number of Topliss-reactive ketones (excluding diaryl/α,β-unsaturated/α-hetero) is 4. The zero-order valence-corrected chi connectivity index (χ0v) is 28.3. The first-order chi connectivity index (χ1) is 23.8. The molecule has 4 aromatic carbocycles. The summed E-state index contributed by atoms with van der Waals surface area (Å²) in [5.74, 6) is -1.48. The number of rotatable bonds is 6.